The fourth-order valence-corrected chi connectivity index (χ4v) is 0.725. The zero-order chi connectivity index (χ0) is 9.61. The number of carbonyl (C=O) groups is 1. The second-order valence-corrected chi connectivity index (χ2v) is 3.35. The first-order valence-corrected chi connectivity index (χ1v) is 4.16. The molecule has 0 aromatic heterocycles. The first-order valence-electron chi connectivity index (χ1n) is 4.16. The number of nitrogens with one attached hydrogen (secondary N) is 1. The highest BCUT2D eigenvalue weighted by molar-refractivity contribution is 5.83. The second-order valence-electron chi connectivity index (χ2n) is 3.35. The number of aliphatic hydroxyl groups excluding tert-OH is 1. The van der Waals surface area contributed by atoms with E-state index in [-0.39, 0.29) is 12.5 Å². The van der Waals surface area contributed by atoms with Gasteiger partial charge in [-0.25, -0.2) is 0 Å². The summed E-state index contributed by atoms with van der Waals surface area (Å²) in [5.41, 5.74) is 4.49. The van der Waals surface area contributed by atoms with Gasteiger partial charge in [-0.2, -0.15) is 0 Å². The third-order valence-electron chi connectivity index (χ3n) is 1.77. The molecule has 0 aliphatic heterocycles. The van der Waals surface area contributed by atoms with E-state index in [1.54, 1.807) is 13.8 Å². The number of nitrogens with two attached hydrogens (primary N) is 1. The summed E-state index contributed by atoms with van der Waals surface area (Å²) in [6.45, 7) is 4.39. The molecule has 4 N–H and O–H groups in total. The molecule has 0 spiro atoms. The minimum atomic E-state index is -0.643. The minimum absolute atomic E-state index is 0.193. The smallest absolute Gasteiger partial charge is 0.237 e. The Morgan fingerprint density at radius 2 is 2.08 bits per heavy atom. The minimum Gasteiger partial charge on any atom is -0.396 e. The van der Waals surface area contributed by atoms with Gasteiger partial charge in [0.15, 0.2) is 0 Å². The second kappa shape index (κ2) is 5.11. The molecule has 0 radical (unpaired) electrons. The van der Waals surface area contributed by atoms with Gasteiger partial charge in [-0.1, -0.05) is 0 Å². The first-order chi connectivity index (χ1) is 5.50. The summed E-state index contributed by atoms with van der Waals surface area (Å²) in [6.07, 6.45) is 1.61. The Hall–Kier alpha value is -0.610. The summed E-state index contributed by atoms with van der Waals surface area (Å²) < 4.78 is 0. The maximum absolute atomic E-state index is 10.8. The van der Waals surface area contributed by atoms with Crippen LogP contribution in [0.4, 0.5) is 0 Å². The third kappa shape index (κ3) is 4.31. The van der Waals surface area contributed by atoms with E-state index in [1.165, 1.54) is 0 Å². The normalized spacial score (nSPS) is 11.6. The molecule has 0 rings (SSSR count). The van der Waals surface area contributed by atoms with Crippen molar-refractivity contribution in [3.8, 4) is 0 Å². The molecule has 72 valence electrons. The Bertz CT molecular complexity index is 146. The van der Waals surface area contributed by atoms with Gasteiger partial charge in [-0.05, 0) is 33.2 Å². The number of hydrogen-bond donors (Lipinski definition) is 3. The van der Waals surface area contributed by atoms with E-state index in [4.69, 9.17) is 10.8 Å². The van der Waals surface area contributed by atoms with Gasteiger partial charge in [0.25, 0.3) is 0 Å². The van der Waals surface area contributed by atoms with E-state index in [0.717, 1.165) is 12.8 Å². The number of rotatable bonds is 6. The number of unbranched alkanes of at least 4 members (excludes halogenated alkanes) is 1. The predicted molar refractivity (Wildman–Crippen MR) is 47.6 cm³/mol. The van der Waals surface area contributed by atoms with E-state index in [2.05, 4.69) is 5.32 Å². The lowest BCUT2D eigenvalue weighted by atomic mass is 10.1. The average molecular weight is 174 g/mol. The van der Waals surface area contributed by atoms with Crippen molar-refractivity contribution in [2.75, 3.05) is 13.2 Å². The SMILES string of the molecule is CC(C)(NCCCCO)C(N)=O. The molecule has 4 nitrogen and oxygen atoms in total. The van der Waals surface area contributed by atoms with Crippen LogP contribution in [0.3, 0.4) is 0 Å². The number of hydrogen-bond acceptors (Lipinski definition) is 3. The Morgan fingerprint density at radius 3 is 2.50 bits per heavy atom. The summed E-state index contributed by atoms with van der Waals surface area (Å²) in [5, 5.41) is 11.5. The van der Waals surface area contributed by atoms with E-state index in [1.807, 2.05) is 0 Å². The lowest BCUT2D eigenvalue weighted by Crippen LogP contribution is -2.50. The molecular weight excluding hydrogens is 156 g/mol. The standard InChI is InChI=1S/C8H18N2O2/c1-8(2,7(9)12)10-5-3-4-6-11/h10-11H,3-6H2,1-2H3,(H2,9,12). The van der Waals surface area contributed by atoms with Crippen molar-refractivity contribution in [3.63, 3.8) is 0 Å². The van der Waals surface area contributed by atoms with Crippen LogP contribution in [0, 0.1) is 0 Å². The van der Waals surface area contributed by atoms with Crippen LogP contribution in [-0.4, -0.2) is 29.7 Å². The van der Waals surface area contributed by atoms with Gasteiger partial charge in [0.1, 0.15) is 0 Å². The lowest BCUT2D eigenvalue weighted by Gasteiger charge is -2.21. The summed E-state index contributed by atoms with van der Waals surface area (Å²) in [7, 11) is 0. The van der Waals surface area contributed by atoms with Gasteiger partial charge in [0, 0.05) is 6.61 Å². The van der Waals surface area contributed by atoms with E-state index >= 15 is 0 Å². The van der Waals surface area contributed by atoms with Crippen molar-refractivity contribution in [2.45, 2.75) is 32.2 Å². The monoisotopic (exact) mass is 174 g/mol. The molecule has 0 bridgehead atoms. The number of primary amides is 1. The van der Waals surface area contributed by atoms with E-state index < -0.39 is 5.54 Å². The predicted octanol–water partition coefficient (Wildman–Crippen LogP) is -0.388. The van der Waals surface area contributed by atoms with Crippen molar-refractivity contribution < 1.29 is 9.90 Å². The first kappa shape index (κ1) is 11.4. The Morgan fingerprint density at radius 1 is 1.50 bits per heavy atom. The highest BCUT2D eigenvalue weighted by Crippen LogP contribution is 2.00. The zero-order valence-electron chi connectivity index (χ0n) is 7.76. The maximum Gasteiger partial charge on any atom is 0.237 e. The Kier molecular flexibility index (Phi) is 4.85. The van der Waals surface area contributed by atoms with Crippen LogP contribution >= 0.6 is 0 Å². The molecule has 1 amide bonds. The molecule has 12 heavy (non-hydrogen) atoms. The highest BCUT2D eigenvalue weighted by Gasteiger charge is 2.22. The lowest BCUT2D eigenvalue weighted by molar-refractivity contribution is -0.123. The van der Waals surface area contributed by atoms with Crippen molar-refractivity contribution in [2.24, 2.45) is 5.73 Å². The molecule has 0 aromatic rings. The topological polar surface area (TPSA) is 75.3 Å². The molecule has 0 saturated carbocycles. The number of aliphatic hydroxyl groups is 1. The molecule has 0 heterocycles. The summed E-state index contributed by atoms with van der Waals surface area (Å²) >= 11 is 0. The summed E-state index contributed by atoms with van der Waals surface area (Å²) in [5.74, 6) is -0.355. The molecule has 0 aliphatic carbocycles. The van der Waals surface area contributed by atoms with Crippen molar-refractivity contribution in [1.82, 2.24) is 5.32 Å². The van der Waals surface area contributed by atoms with Crippen LogP contribution < -0.4 is 11.1 Å². The molecule has 0 aliphatic rings. The molecule has 0 saturated heterocycles. The van der Waals surface area contributed by atoms with Gasteiger partial charge in [0.05, 0.1) is 5.54 Å². The van der Waals surface area contributed by atoms with Gasteiger partial charge in [-0.3, -0.25) is 4.79 Å². The van der Waals surface area contributed by atoms with Crippen LogP contribution in [-0.2, 0) is 4.79 Å². The molecule has 0 unspecified atom stereocenters. The van der Waals surface area contributed by atoms with Gasteiger partial charge in [0.2, 0.25) is 5.91 Å². The quantitative estimate of drug-likeness (QED) is 0.480. The Balaban J connectivity index is 3.54. The third-order valence-corrected chi connectivity index (χ3v) is 1.77. The maximum atomic E-state index is 10.8. The van der Waals surface area contributed by atoms with E-state index in [0.29, 0.717) is 6.54 Å². The van der Waals surface area contributed by atoms with Crippen molar-refractivity contribution >= 4 is 5.91 Å². The van der Waals surface area contributed by atoms with Crippen molar-refractivity contribution in [1.29, 1.82) is 0 Å². The molecule has 0 atom stereocenters. The van der Waals surface area contributed by atoms with Gasteiger partial charge >= 0.3 is 0 Å². The van der Waals surface area contributed by atoms with E-state index in [9.17, 15) is 4.79 Å². The van der Waals surface area contributed by atoms with Crippen molar-refractivity contribution in [3.05, 3.63) is 0 Å². The van der Waals surface area contributed by atoms with Gasteiger partial charge in [-0.15, -0.1) is 0 Å². The molecule has 0 fully saturated rings. The van der Waals surface area contributed by atoms with Gasteiger partial charge < -0.3 is 16.2 Å². The fraction of sp³-hybridized carbons (Fsp3) is 0.875. The molecule has 0 aromatic carbocycles. The number of amides is 1. The molecular formula is C8H18N2O2. The van der Waals surface area contributed by atoms with Crippen LogP contribution in [0.2, 0.25) is 0 Å². The van der Waals surface area contributed by atoms with Crippen LogP contribution in [0.5, 0.6) is 0 Å². The van der Waals surface area contributed by atoms with Crippen LogP contribution in [0.15, 0.2) is 0 Å². The largest absolute Gasteiger partial charge is 0.396 e. The van der Waals surface area contributed by atoms with Crippen LogP contribution in [0.1, 0.15) is 26.7 Å². The fourth-order valence-electron chi connectivity index (χ4n) is 0.725. The average Bonchev–Trinajstić information content (AvgIpc) is 1.98. The highest BCUT2D eigenvalue weighted by atomic mass is 16.2. The Labute approximate surface area is 73.1 Å². The molecule has 4 heteroatoms. The summed E-state index contributed by atoms with van der Waals surface area (Å²) in [6, 6.07) is 0. The van der Waals surface area contributed by atoms with Crippen LogP contribution in [0.25, 0.3) is 0 Å². The zero-order valence-corrected chi connectivity index (χ0v) is 7.76. The summed E-state index contributed by atoms with van der Waals surface area (Å²) in [4.78, 5) is 10.8. The number of carbonyl (C=O) groups excluding carboxylic acids is 1.